The Morgan fingerprint density at radius 2 is 1.48 bits per heavy atom. The van der Waals surface area contributed by atoms with Crippen LogP contribution in [-0.4, -0.2) is 58.1 Å². The average Bonchev–Trinajstić information content (AvgIpc) is 2.63. The molecule has 0 aliphatic carbocycles. The Kier molecular flexibility index (Phi) is 11.3. The molecule has 1 N–H and O–H groups in total. The van der Waals surface area contributed by atoms with E-state index in [4.69, 9.17) is 18.9 Å². The van der Waals surface area contributed by atoms with E-state index in [0.717, 1.165) is 5.56 Å². The van der Waals surface area contributed by atoms with Crippen LogP contribution in [0.3, 0.4) is 0 Å². The van der Waals surface area contributed by atoms with Gasteiger partial charge >= 0.3 is 5.97 Å². The average molecular weight is 381 g/mol. The van der Waals surface area contributed by atoms with Crippen LogP contribution < -0.4 is 5.32 Å². The molecule has 27 heavy (non-hydrogen) atoms. The summed E-state index contributed by atoms with van der Waals surface area (Å²) in [6.07, 6.45) is 0. The zero-order valence-corrected chi connectivity index (χ0v) is 16.5. The predicted molar refractivity (Wildman–Crippen MR) is 101 cm³/mol. The molecular weight excluding hydrogens is 350 g/mol. The molecule has 1 rings (SSSR count). The van der Waals surface area contributed by atoms with Gasteiger partial charge in [0.1, 0.15) is 19.8 Å². The fraction of sp³-hybridized carbons (Fsp3) is 0.600. The molecule has 0 saturated carbocycles. The van der Waals surface area contributed by atoms with Gasteiger partial charge in [-0.25, -0.2) is 4.79 Å². The quantitative estimate of drug-likeness (QED) is 0.415. The minimum Gasteiger partial charge on any atom is -0.459 e. The molecule has 7 heteroatoms. The van der Waals surface area contributed by atoms with Gasteiger partial charge in [-0.3, -0.25) is 4.79 Å². The van der Waals surface area contributed by atoms with E-state index in [1.165, 1.54) is 0 Å². The van der Waals surface area contributed by atoms with Gasteiger partial charge in [0, 0.05) is 6.54 Å². The summed E-state index contributed by atoms with van der Waals surface area (Å²) in [4.78, 5) is 23.1. The lowest BCUT2D eigenvalue weighted by molar-refractivity contribution is -0.150. The van der Waals surface area contributed by atoms with Gasteiger partial charge in [0.2, 0.25) is 5.91 Å². The second-order valence-corrected chi connectivity index (χ2v) is 7.20. The number of hydrogen-bond acceptors (Lipinski definition) is 6. The van der Waals surface area contributed by atoms with Crippen LogP contribution in [-0.2, 0) is 35.1 Å². The first kappa shape index (κ1) is 23.1. The van der Waals surface area contributed by atoms with Gasteiger partial charge in [0.15, 0.2) is 0 Å². The first-order valence-corrected chi connectivity index (χ1v) is 9.06. The van der Waals surface area contributed by atoms with E-state index >= 15 is 0 Å². The Morgan fingerprint density at radius 3 is 2.11 bits per heavy atom. The molecule has 1 aromatic carbocycles. The van der Waals surface area contributed by atoms with Crippen molar-refractivity contribution in [2.75, 3.05) is 46.2 Å². The van der Waals surface area contributed by atoms with Crippen LogP contribution in [0, 0.1) is 5.41 Å². The van der Waals surface area contributed by atoms with E-state index in [0.29, 0.717) is 26.4 Å². The molecule has 0 radical (unpaired) electrons. The summed E-state index contributed by atoms with van der Waals surface area (Å²) in [5.74, 6) is -0.550. The number of nitrogens with one attached hydrogen (secondary N) is 1. The van der Waals surface area contributed by atoms with Gasteiger partial charge in [-0.1, -0.05) is 51.1 Å². The zero-order chi connectivity index (χ0) is 20.0. The van der Waals surface area contributed by atoms with Crippen molar-refractivity contribution in [2.45, 2.75) is 27.4 Å². The SMILES string of the molecule is CC(C)(C)CNC(=O)COCCOCCOCC(=O)OCc1ccccc1. The number of rotatable bonds is 13. The molecule has 0 heterocycles. The van der Waals surface area contributed by atoms with Gasteiger partial charge in [-0.2, -0.15) is 0 Å². The summed E-state index contributed by atoms with van der Waals surface area (Å²) < 4.78 is 20.8. The van der Waals surface area contributed by atoms with E-state index < -0.39 is 5.97 Å². The number of benzene rings is 1. The minimum absolute atomic E-state index is 0.0171. The normalized spacial score (nSPS) is 11.2. The van der Waals surface area contributed by atoms with E-state index in [-0.39, 0.29) is 37.7 Å². The highest BCUT2D eigenvalue weighted by atomic mass is 16.6. The molecule has 7 nitrogen and oxygen atoms in total. The van der Waals surface area contributed by atoms with Gasteiger partial charge in [-0.05, 0) is 11.0 Å². The number of esters is 1. The number of hydrogen-bond donors (Lipinski definition) is 1. The third kappa shape index (κ3) is 13.8. The monoisotopic (exact) mass is 381 g/mol. The second-order valence-electron chi connectivity index (χ2n) is 7.20. The van der Waals surface area contributed by atoms with E-state index in [1.54, 1.807) is 0 Å². The van der Waals surface area contributed by atoms with E-state index in [1.807, 2.05) is 51.1 Å². The zero-order valence-electron chi connectivity index (χ0n) is 16.5. The van der Waals surface area contributed by atoms with E-state index in [9.17, 15) is 9.59 Å². The summed E-state index contributed by atoms with van der Waals surface area (Å²) in [5, 5.41) is 2.80. The fourth-order valence-electron chi connectivity index (χ4n) is 1.85. The van der Waals surface area contributed by atoms with Crippen molar-refractivity contribution in [3.63, 3.8) is 0 Å². The van der Waals surface area contributed by atoms with Crippen molar-refractivity contribution in [1.82, 2.24) is 5.32 Å². The largest absolute Gasteiger partial charge is 0.459 e. The first-order valence-electron chi connectivity index (χ1n) is 9.06. The number of carbonyl (C=O) groups excluding carboxylic acids is 2. The lowest BCUT2D eigenvalue weighted by Gasteiger charge is -2.18. The standard InChI is InChI=1S/C20H31NO6/c1-20(2,3)16-21-18(22)14-25-11-9-24-10-12-26-15-19(23)27-13-17-7-5-4-6-8-17/h4-8H,9-16H2,1-3H3,(H,21,22). The van der Waals surface area contributed by atoms with Crippen LogP contribution in [0.2, 0.25) is 0 Å². The molecule has 1 amide bonds. The molecule has 0 aromatic heterocycles. The summed E-state index contributed by atoms with van der Waals surface area (Å²) in [6, 6.07) is 9.45. The third-order valence-electron chi connectivity index (χ3n) is 3.26. The van der Waals surface area contributed by atoms with Crippen molar-refractivity contribution in [1.29, 1.82) is 0 Å². The molecule has 0 saturated heterocycles. The summed E-state index contributed by atoms with van der Waals surface area (Å²) in [5.41, 5.74) is 0.980. The maximum atomic E-state index is 11.5. The lowest BCUT2D eigenvalue weighted by atomic mass is 9.97. The minimum atomic E-state index is -0.413. The Labute approximate surface area is 161 Å². The third-order valence-corrected chi connectivity index (χ3v) is 3.26. The number of amides is 1. The van der Waals surface area contributed by atoms with Crippen LogP contribution in [0.25, 0.3) is 0 Å². The Bertz CT molecular complexity index is 541. The van der Waals surface area contributed by atoms with E-state index in [2.05, 4.69) is 5.32 Å². The lowest BCUT2D eigenvalue weighted by Crippen LogP contribution is -2.34. The maximum absolute atomic E-state index is 11.5. The fourth-order valence-corrected chi connectivity index (χ4v) is 1.85. The summed E-state index contributed by atoms with van der Waals surface area (Å²) >= 11 is 0. The van der Waals surface area contributed by atoms with Crippen molar-refractivity contribution >= 4 is 11.9 Å². The smallest absolute Gasteiger partial charge is 0.332 e. The van der Waals surface area contributed by atoms with Crippen LogP contribution >= 0.6 is 0 Å². The van der Waals surface area contributed by atoms with Gasteiger partial charge in [0.25, 0.3) is 0 Å². The molecule has 0 spiro atoms. The van der Waals surface area contributed by atoms with Gasteiger partial charge in [0.05, 0.1) is 26.4 Å². The second kappa shape index (κ2) is 13.2. The number of carbonyl (C=O) groups is 2. The predicted octanol–water partition coefficient (Wildman–Crippen LogP) is 1.94. The molecule has 0 aliphatic rings. The highest BCUT2D eigenvalue weighted by Crippen LogP contribution is 2.09. The summed E-state index contributed by atoms with van der Waals surface area (Å²) in [7, 11) is 0. The molecule has 0 atom stereocenters. The summed E-state index contributed by atoms with van der Waals surface area (Å²) in [6.45, 7) is 8.20. The highest BCUT2D eigenvalue weighted by molar-refractivity contribution is 5.77. The van der Waals surface area contributed by atoms with Crippen LogP contribution in [0.1, 0.15) is 26.3 Å². The van der Waals surface area contributed by atoms with Gasteiger partial charge < -0.3 is 24.3 Å². The molecule has 0 unspecified atom stereocenters. The Hall–Kier alpha value is -1.96. The molecule has 1 aromatic rings. The Morgan fingerprint density at radius 1 is 0.889 bits per heavy atom. The highest BCUT2D eigenvalue weighted by Gasteiger charge is 2.11. The Balaban J connectivity index is 1.88. The van der Waals surface area contributed by atoms with Crippen molar-refractivity contribution in [3.8, 4) is 0 Å². The first-order chi connectivity index (χ1) is 12.9. The maximum Gasteiger partial charge on any atom is 0.332 e. The van der Waals surface area contributed by atoms with Crippen molar-refractivity contribution in [3.05, 3.63) is 35.9 Å². The number of ether oxygens (including phenoxy) is 4. The molecule has 152 valence electrons. The van der Waals surface area contributed by atoms with Crippen molar-refractivity contribution < 1.29 is 28.5 Å². The molecule has 0 bridgehead atoms. The van der Waals surface area contributed by atoms with Crippen molar-refractivity contribution in [2.24, 2.45) is 5.41 Å². The molecule has 0 aliphatic heterocycles. The topological polar surface area (TPSA) is 83.1 Å². The van der Waals surface area contributed by atoms with Crippen LogP contribution in [0.15, 0.2) is 30.3 Å². The molecular formula is C20H31NO6. The van der Waals surface area contributed by atoms with Gasteiger partial charge in [-0.15, -0.1) is 0 Å². The molecule has 0 fully saturated rings. The van der Waals surface area contributed by atoms with Crippen LogP contribution in [0.4, 0.5) is 0 Å². The van der Waals surface area contributed by atoms with Crippen LogP contribution in [0.5, 0.6) is 0 Å².